The summed E-state index contributed by atoms with van der Waals surface area (Å²) in [7, 11) is 0. The first kappa shape index (κ1) is 21.2. The summed E-state index contributed by atoms with van der Waals surface area (Å²) in [5, 5.41) is 17.9. The molecule has 0 fully saturated rings. The summed E-state index contributed by atoms with van der Waals surface area (Å²) >= 11 is 6.00. The topological polar surface area (TPSA) is 106 Å². The maximum absolute atomic E-state index is 13.1. The molecular weight excluding hydrogens is 449 g/mol. The van der Waals surface area contributed by atoms with E-state index >= 15 is 0 Å². The third kappa shape index (κ3) is 4.23. The van der Waals surface area contributed by atoms with Crippen LogP contribution in [0.15, 0.2) is 61.1 Å². The van der Waals surface area contributed by atoms with Gasteiger partial charge in [0.05, 0.1) is 32.4 Å². The summed E-state index contributed by atoms with van der Waals surface area (Å²) in [5.41, 5.74) is -0.734. The highest BCUT2D eigenvalue weighted by Crippen LogP contribution is 2.38. The number of hydrogen-bond acceptors (Lipinski definition) is 7. The zero-order chi connectivity index (χ0) is 22.9. The van der Waals surface area contributed by atoms with Crippen molar-refractivity contribution in [3.8, 4) is 0 Å². The van der Waals surface area contributed by atoms with Crippen LogP contribution in [0.3, 0.4) is 0 Å². The molecule has 0 aliphatic rings. The Balaban J connectivity index is 1.76. The van der Waals surface area contributed by atoms with Crippen molar-refractivity contribution < 1.29 is 18.1 Å². The van der Waals surface area contributed by atoms with Gasteiger partial charge in [0, 0.05) is 11.6 Å². The van der Waals surface area contributed by atoms with Gasteiger partial charge in [-0.05, 0) is 30.3 Å². The highest BCUT2D eigenvalue weighted by Gasteiger charge is 2.31. The number of anilines is 4. The smallest absolute Gasteiger partial charge is 0.333 e. The second-order valence-electron chi connectivity index (χ2n) is 6.50. The minimum absolute atomic E-state index is 0.0707. The Bertz CT molecular complexity index is 1330. The summed E-state index contributed by atoms with van der Waals surface area (Å²) < 4.78 is 39.2. The fourth-order valence-corrected chi connectivity index (χ4v) is 3.16. The first-order chi connectivity index (χ1) is 15.2. The number of hydrogen-bond donors (Lipinski definition) is 2. The van der Waals surface area contributed by atoms with Crippen molar-refractivity contribution in [2.45, 2.75) is 6.18 Å². The Hall–Kier alpha value is -3.99. The molecule has 2 heterocycles. The van der Waals surface area contributed by atoms with Crippen LogP contribution in [0.1, 0.15) is 5.56 Å². The number of pyridine rings is 1. The Kier molecular flexibility index (Phi) is 5.49. The van der Waals surface area contributed by atoms with E-state index in [-0.39, 0.29) is 22.3 Å². The molecule has 0 aliphatic heterocycles. The molecule has 0 saturated heterocycles. The van der Waals surface area contributed by atoms with Crippen LogP contribution in [0.25, 0.3) is 10.9 Å². The zero-order valence-corrected chi connectivity index (χ0v) is 16.6. The standard InChI is InChI=1S/C20H12ClF3N6O2/c21-13-7-6-12(20(22,23)24)9-15(13)29-19-17(30(31)32)18(26-10-27-19)28-14-5-1-3-11-4-2-8-25-16(11)14/h1-10H,(H2,26,27,28,29). The van der Waals surface area contributed by atoms with Crippen molar-refractivity contribution in [3.05, 3.63) is 81.8 Å². The molecule has 0 spiro atoms. The third-order valence-corrected chi connectivity index (χ3v) is 4.77. The third-order valence-electron chi connectivity index (χ3n) is 4.44. The predicted octanol–water partition coefficient (Wildman–Crippen LogP) is 6.09. The molecule has 12 heteroatoms. The lowest BCUT2D eigenvalue weighted by atomic mass is 10.2. The molecule has 4 rings (SSSR count). The number of alkyl halides is 3. The van der Waals surface area contributed by atoms with E-state index in [0.29, 0.717) is 11.2 Å². The quantitative estimate of drug-likeness (QED) is 0.274. The average Bonchev–Trinajstić information content (AvgIpc) is 2.75. The number of nitro groups is 1. The summed E-state index contributed by atoms with van der Waals surface area (Å²) in [6, 6.07) is 11.4. The van der Waals surface area contributed by atoms with Crippen LogP contribution >= 0.6 is 11.6 Å². The molecule has 0 aliphatic carbocycles. The molecule has 2 aromatic heterocycles. The Morgan fingerprint density at radius 2 is 1.62 bits per heavy atom. The summed E-state index contributed by atoms with van der Waals surface area (Å²) in [4.78, 5) is 23.1. The van der Waals surface area contributed by atoms with Gasteiger partial charge in [-0.3, -0.25) is 15.1 Å². The Morgan fingerprint density at radius 3 is 2.31 bits per heavy atom. The number of fused-ring (bicyclic) bond motifs is 1. The van der Waals surface area contributed by atoms with E-state index in [1.807, 2.05) is 12.1 Å². The molecule has 0 unspecified atom stereocenters. The van der Waals surface area contributed by atoms with Gasteiger partial charge in [-0.25, -0.2) is 9.97 Å². The summed E-state index contributed by atoms with van der Waals surface area (Å²) in [6.07, 6.45) is -2.00. The van der Waals surface area contributed by atoms with Gasteiger partial charge in [0.1, 0.15) is 6.33 Å². The van der Waals surface area contributed by atoms with Crippen molar-refractivity contribution in [2.75, 3.05) is 10.6 Å². The molecule has 0 amide bonds. The van der Waals surface area contributed by atoms with Crippen molar-refractivity contribution in [3.63, 3.8) is 0 Å². The van der Waals surface area contributed by atoms with Crippen LogP contribution in [0.2, 0.25) is 5.02 Å². The zero-order valence-electron chi connectivity index (χ0n) is 15.9. The maximum Gasteiger partial charge on any atom is 0.416 e. The highest BCUT2D eigenvalue weighted by molar-refractivity contribution is 6.33. The van der Waals surface area contributed by atoms with Crippen molar-refractivity contribution in [1.82, 2.24) is 15.0 Å². The fourth-order valence-electron chi connectivity index (χ4n) is 2.99. The van der Waals surface area contributed by atoms with Crippen molar-refractivity contribution in [1.29, 1.82) is 0 Å². The van der Waals surface area contributed by atoms with Gasteiger partial charge < -0.3 is 10.6 Å². The number of para-hydroxylation sites is 1. The van der Waals surface area contributed by atoms with Gasteiger partial charge >= 0.3 is 11.9 Å². The molecule has 2 aromatic carbocycles. The van der Waals surface area contributed by atoms with E-state index in [2.05, 4.69) is 25.6 Å². The fraction of sp³-hybridized carbons (Fsp3) is 0.0500. The molecular formula is C20H12ClF3N6O2. The van der Waals surface area contributed by atoms with Gasteiger partial charge in [-0.2, -0.15) is 13.2 Å². The normalized spacial score (nSPS) is 11.4. The molecule has 4 aromatic rings. The second-order valence-corrected chi connectivity index (χ2v) is 6.91. The van der Waals surface area contributed by atoms with E-state index < -0.39 is 22.4 Å². The largest absolute Gasteiger partial charge is 0.416 e. The minimum atomic E-state index is -4.62. The molecule has 2 N–H and O–H groups in total. The van der Waals surface area contributed by atoms with Crippen LogP contribution in [-0.2, 0) is 6.18 Å². The second kappa shape index (κ2) is 8.27. The number of nitrogens with one attached hydrogen (secondary N) is 2. The first-order valence-corrected chi connectivity index (χ1v) is 9.36. The average molecular weight is 461 g/mol. The van der Waals surface area contributed by atoms with E-state index in [1.54, 1.807) is 24.4 Å². The lowest BCUT2D eigenvalue weighted by molar-refractivity contribution is -0.383. The number of rotatable bonds is 5. The summed E-state index contributed by atoms with van der Waals surface area (Å²) in [6.45, 7) is 0. The molecule has 0 radical (unpaired) electrons. The number of benzene rings is 2. The van der Waals surface area contributed by atoms with Crippen molar-refractivity contribution >= 4 is 51.2 Å². The van der Waals surface area contributed by atoms with E-state index in [4.69, 9.17) is 11.6 Å². The molecule has 162 valence electrons. The molecule has 8 nitrogen and oxygen atoms in total. The SMILES string of the molecule is O=[N+]([O-])c1c(Nc2cc(C(F)(F)F)ccc2Cl)ncnc1Nc1cccc2cccnc12. The molecule has 0 atom stereocenters. The molecule has 0 bridgehead atoms. The van der Waals surface area contributed by atoms with Gasteiger partial charge in [0.25, 0.3) is 0 Å². The van der Waals surface area contributed by atoms with Gasteiger partial charge in [0.2, 0.25) is 11.6 Å². The minimum Gasteiger partial charge on any atom is -0.333 e. The van der Waals surface area contributed by atoms with Crippen LogP contribution < -0.4 is 10.6 Å². The van der Waals surface area contributed by atoms with Crippen molar-refractivity contribution in [2.24, 2.45) is 0 Å². The number of nitrogens with zero attached hydrogens (tertiary/aromatic N) is 4. The number of aromatic nitrogens is 3. The molecule has 0 saturated carbocycles. The van der Waals surface area contributed by atoms with Gasteiger partial charge in [0.15, 0.2) is 0 Å². The number of halogens is 4. The van der Waals surface area contributed by atoms with E-state index in [9.17, 15) is 23.3 Å². The van der Waals surface area contributed by atoms with E-state index in [1.165, 1.54) is 0 Å². The maximum atomic E-state index is 13.1. The summed E-state index contributed by atoms with van der Waals surface area (Å²) in [5.74, 6) is -0.504. The van der Waals surface area contributed by atoms with Gasteiger partial charge in [-0.1, -0.05) is 29.8 Å². The lowest BCUT2D eigenvalue weighted by Gasteiger charge is -2.13. The highest BCUT2D eigenvalue weighted by atomic mass is 35.5. The van der Waals surface area contributed by atoms with Gasteiger partial charge in [-0.15, -0.1) is 0 Å². The monoisotopic (exact) mass is 460 g/mol. The lowest BCUT2D eigenvalue weighted by Crippen LogP contribution is -2.08. The van der Waals surface area contributed by atoms with E-state index in [0.717, 1.165) is 29.9 Å². The van der Waals surface area contributed by atoms with Crippen LogP contribution in [0.4, 0.5) is 41.9 Å². The predicted molar refractivity (Wildman–Crippen MR) is 113 cm³/mol. The van der Waals surface area contributed by atoms with Crippen LogP contribution in [0.5, 0.6) is 0 Å². The van der Waals surface area contributed by atoms with Crippen LogP contribution in [-0.4, -0.2) is 19.9 Å². The Labute approximate surface area is 183 Å². The Morgan fingerprint density at radius 1 is 0.938 bits per heavy atom. The molecule has 32 heavy (non-hydrogen) atoms. The van der Waals surface area contributed by atoms with Crippen LogP contribution in [0, 0.1) is 10.1 Å². The first-order valence-electron chi connectivity index (χ1n) is 8.98.